The van der Waals surface area contributed by atoms with Crippen LogP contribution in [0.15, 0.2) is 12.1 Å². The average molecular weight is 243 g/mol. The quantitative estimate of drug-likeness (QED) is 0.479. The van der Waals surface area contributed by atoms with Crippen molar-refractivity contribution in [1.82, 2.24) is 0 Å². The van der Waals surface area contributed by atoms with Crippen LogP contribution < -0.4 is 5.32 Å². The number of aromatic hydroxyl groups is 1. The number of halogens is 1. The highest BCUT2D eigenvalue weighted by Gasteiger charge is 2.21. The molecule has 1 atom stereocenters. The van der Waals surface area contributed by atoms with Crippen LogP contribution >= 0.6 is 0 Å². The minimum absolute atomic E-state index is 0.196. The molecule has 0 aromatic heterocycles. The Labute approximate surface area is 98.2 Å². The number of esters is 1. The average Bonchev–Trinajstić information content (AvgIpc) is 2.33. The molecular formula is C11H14FNO4. The van der Waals surface area contributed by atoms with Gasteiger partial charge in [0, 0.05) is 7.11 Å². The number of hydrogen-bond acceptors (Lipinski definition) is 5. The molecular weight excluding hydrogens is 229 g/mol. The van der Waals surface area contributed by atoms with Gasteiger partial charge in [-0.3, -0.25) is 0 Å². The lowest BCUT2D eigenvalue weighted by Crippen LogP contribution is -2.20. The second kappa shape index (κ2) is 5.49. The molecule has 0 aliphatic carbocycles. The fourth-order valence-electron chi connectivity index (χ4n) is 1.26. The van der Waals surface area contributed by atoms with E-state index in [1.54, 1.807) is 6.92 Å². The minimum atomic E-state index is -1.02. The summed E-state index contributed by atoms with van der Waals surface area (Å²) in [5, 5.41) is 12.0. The molecule has 17 heavy (non-hydrogen) atoms. The van der Waals surface area contributed by atoms with Crippen LogP contribution in [0.4, 0.5) is 10.1 Å². The molecule has 1 rings (SSSR count). The minimum Gasteiger partial charge on any atom is -0.505 e. The zero-order chi connectivity index (χ0) is 13.0. The predicted molar refractivity (Wildman–Crippen MR) is 59.5 cm³/mol. The lowest BCUT2D eigenvalue weighted by molar-refractivity contribution is 0.0595. The summed E-state index contributed by atoms with van der Waals surface area (Å²) >= 11 is 0. The van der Waals surface area contributed by atoms with Gasteiger partial charge in [0.05, 0.1) is 12.8 Å². The summed E-state index contributed by atoms with van der Waals surface area (Å²) < 4.78 is 23.0. The summed E-state index contributed by atoms with van der Waals surface area (Å²) in [4.78, 5) is 11.4. The molecule has 0 amide bonds. The van der Waals surface area contributed by atoms with Crippen molar-refractivity contribution in [3.8, 4) is 5.75 Å². The predicted octanol–water partition coefficient (Wildman–Crippen LogP) is 1.72. The molecule has 94 valence electrons. The molecule has 1 aromatic rings. The highest BCUT2D eigenvalue weighted by molar-refractivity contribution is 5.96. The fraction of sp³-hybridized carbons (Fsp3) is 0.364. The lowest BCUT2D eigenvalue weighted by Gasteiger charge is -2.16. The smallest absolute Gasteiger partial charge is 0.343 e. The molecule has 0 spiro atoms. The van der Waals surface area contributed by atoms with Crippen molar-refractivity contribution in [3.63, 3.8) is 0 Å². The molecule has 5 nitrogen and oxygen atoms in total. The molecule has 1 aromatic carbocycles. The van der Waals surface area contributed by atoms with E-state index in [9.17, 15) is 14.3 Å². The Morgan fingerprint density at radius 1 is 1.47 bits per heavy atom. The van der Waals surface area contributed by atoms with Crippen LogP contribution in [0, 0.1) is 5.82 Å². The molecule has 0 radical (unpaired) electrons. The van der Waals surface area contributed by atoms with Gasteiger partial charge in [0.2, 0.25) is 0 Å². The summed E-state index contributed by atoms with van der Waals surface area (Å²) in [6, 6.07) is 2.52. The Kier molecular flexibility index (Phi) is 4.28. The van der Waals surface area contributed by atoms with Gasteiger partial charge in [-0.05, 0) is 19.1 Å². The Morgan fingerprint density at radius 2 is 2.12 bits per heavy atom. The molecule has 6 heteroatoms. The van der Waals surface area contributed by atoms with E-state index >= 15 is 0 Å². The molecule has 0 saturated carbocycles. The molecule has 0 heterocycles. The van der Waals surface area contributed by atoms with E-state index in [1.807, 2.05) is 0 Å². The standard InChI is InChI=1S/C11H14FNO4/c1-6(16-2)13-7-4-5-8(14)10(12)9(7)11(15)17-3/h4-6,13-14H,1-3H3/t6-/m1/s1. The number of nitrogens with one attached hydrogen (secondary N) is 1. The van der Waals surface area contributed by atoms with Crippen molar-refractivity contribution in [3.05, 3.63) is 23.5 Å². The third kappa shape index (κ3) is 2.85. The first-order chi connectivity index (χ1) is 8.01. The number of benzene rings is 1. The first-order valence-electron chi connectivity index (χ1n) is 4.90. The molecule has 0 bridgehead atoms. The topological polar surface area (TPSA) is 67.8 Å². The summed E-state index contributed by atoms with van der Waals surface area (Å²) in [5.74, 6) is -2.50. The Hall–Kier alpha value is -1.82. The lowest BCUT2D eigenvalue weighted by atomic mass is 10.1. The number of anilines is 1. The van der Waals surface area contributed by atoms with Crippen molar-refractivity contribution in [1.29, 1.82) is 0 Å². The molecule has 0 aliphatic rings. The number of ether oxygens (including phenoxy) is 2. The highest BCUT2D eigenvalue weighted by Crippen LogP contribution is 2.27. The number of rotatable bonds is 4. The highest BCUT2D eigenvalue weighted by atomic mass is 19.1. The molecule has 0 aliphatic heterocycles. The maximum absolute atomic E-state index is 13.6. The van der Waals surface area contributed by atoms with Gasteiger partial charge in [0.25, 0.3) is 0 Å². The van der Waals surface area contributed by atoms with E-state index in [2.05, 4.69) is 10.1 Å². The van der Waals surface area contributed by atoms with Crippen molar-refractivity contribution in [2.75, 3.05) is 19.5 Å². The van der Waals surface area contributed by atoms with Gasteiger partial charge in [-0.15, -0.1) is 0 Å². The zero-order valence-electron chi connectivity index (χ0n) is 9.78. The first kappa shape index (κ1) is 13.2. The van der Waals surface area contributed by atoms with E-state index in [4.69, 9.17) is 4.74 Å². The zero-order valence-corrected chi connectivity index (χ0v) is 9.78. The van der Waals surface area contributed by atoms with E-state index < -0.39 is 23.8 Å². The monoisotopic (exact) mass is 243 g/mol. The Bertz CT molecular complexity index is 422. The van der Waals surface area contributed by atoms with Gasteiger partial charge < -0.3 is 19.9 Å². The summed E-state index contributed by atoms with van der Waals surface area (Å²) in [5.41, 5.74) is -0.155. The Balaban J connectivity index is 3.20. The number of phenolic OH excluding ortho intramolecular Hbond substituents is 1. The number of carbonyl (C=O) groups excluding carboxylic acids is 1. The second-order valence-electron chi connectivity index (χ2n) is 3.34. The second-order valence-corrected chi connectivity index (χ2v) is 3.34. The van der Waals surface area contributed by atoms with E-state index in [0.717, 1.165) is 13.2 Å². The normalized spacial score (nSPS) is 12.0. The van der Waals surface area contributed by atoms with Crippen LogP contribution in [0.1, 0.15) is 17.3 Å². The van der Waals surface area contributed by atoms with Crippen LogP contribution in [0.3, 0.4) is 0 Å². The number of hydrogen-bond donors (Lipinski definition) is 2. The van der Waals surface area contributed by atoms with Gasteiger partial charge in [-0.1, -0.05) is 0 Å². The number of methoxy groups -OCH3 is 2. The van der Waals surface area contributed by atoms with Gasteiger partial charge in [0.15, 0.2) is 11.6 Å². The van der Waals surface area contributed by atoms with Gasteiger partial charge in [0.1, 0.15) is 11.8 Å². The van der Waals surface area contributed by atoms with Crippen molar-refractivity contribution in [2.45, 2.75) is 13.2 Å². The van der Waals surface area contributed by atoms with Crippen LogP contribution in [0.2, 0.25) is 0 Å². The molecule has 2 N–H and O–H groups in total. The van der Waals surface area contributed by atoms with E-state index in [1.165, 1.54) is 13.2 Å². The summed E-state index contributed by atoms with van der Waals surface area (Å²) in [6.07, 6.45) is -0.414. The van der Waals surface area contributed by atoms with E-state index in [0.29, 0.717) is 0 Å². The molecule has 0 saturated heterocycles. The maximum Gasteiger partial charge on any atom is 0.343 e. The first-order valence-corrected chi connectivity index (χ1v) is 4.90. The van der Waals surface area contributed by atoms with Crippen LogP contribution in [-0.4, -0.2) is 31.5 Å². The van der Waals surface area contributed by atoms with Gasteiger partial charge in [-0.2, -0.15) is 0 Å². The van der Waals surface area contributed by atoms with Gasteiger partial charge in [-0.25, -0.2) is 9.18 Å². The van der Waals surface area contributed by atoms with E-state index in [-0.39, 0.29) is 11.3 Å². The largest absolute Gasteiger partial charge is 0.505 e. The number of carbonyl (C=O) groups is 1. The van der Waals surface area contributed by atoms with Crippen molar-refractivity contribution in [2.24, 2.45) is 0 Å². The SMILES string of the molecule is COC(=O)c1c(N[C@@H](C)OC)ccc(O)c1F. The van der Waals surface area contributed by atoms with Crippen LogP contribution in [-0.2, 0) is 9.47 Å². The summed E-state index contributed by atoms with van der Waals surface area (Å²) in [7, 11) is 2.60. The maximum atomic E-state index is 13.6. The fourth-order valence-corrected chi connectivity index (χ4v) is 1.26. The molecule has 0 fully saturated rings. The number of phenols is 1. The van der Waals surface area contributed by atoms with Crippen molar-refractivity contribution >= 4 is 11.7 Å². The van der Waals surface area contributed by atoms with Crippen LogP contribution in [0.25, 0.3) is 0 Å². The third-order valence-corrected chi connectivity index (χ3v) is 2.22. The third-order valence-electron chi connectivity index (χ3n) is 2.22. The van der Waals surface area contributed by atoms with Gasteiger partial charge >= 0.3 is 5.97 Å². The Morgan fingerprint density at radius 3 is 2.65 bits per heavy atom. The van der Waals surface area contributed by atoms with Crippen LogP contribution in [0.5, 0.6) is 5.75 Å². The summed E-state index contributed by atoms with van der Waals surface area (Å²) in [6.45, 7) is 1.69. The molecule has 0 unspecified atom stereocenters. The van der Waals surface area contributed by atoms with Crippen molar-refractivity contribution < 1.29 is 23.8 Å².